The molecule has 1 fully saturated rings. The minimum absolute atomic E-state index is 0.0919. The van der Waals surface area contributed by atoms with Crippen molar-refractivity contribution < 1.29 is 27.1 Å². The molecule has 2 aromatic carbocycles. The predicted molar refractivity (Wildman–Crippen MR) is 136 cm³/mol. The molecule has 0 bridgehead atoms. The van der Waals surface area contributed by atoms with E-state index in [1.165, 1.54) is 30.5 Å². The van der Waals surface area contributed by atoms with Crippen LogP contribution in [0.15, 0.2) is 60.8 Å². The maximum absolute atomic E-state index is 14.3. The lowest BCUT2D eigenvalue weighted by molar-refractivity contribution is -0.0280. The van der Waals surface area contributed by atoms with Crippen molar-refractivity contribution in [3.63, 3.8) is 0 Å². The van der Waals surface area contributed by atoms with Crippen LogP contribution in [0.1, 0.15) is 27.0 Å². The van der Waals surface area contributed by atoms with Gasteiger partial charge in [-0.3, -0.25) is 9.69 Å². The Labute approximate surface area is 218 Å². The van der Waals surface area contributed by atoms with Crippen LogP contribution < -0.4 is 10.6 Å². The molecule has 198 valence electrons. The topological polar surface area (TPSA) is 66.5 Å². The fraction of sp³-hybridized carbons (Fsp3) is 0.286. The van der Waals surface area contributed by atoms with Gasteiger partial charge in [0.1, 0.15) is 11.6 Å². The molecule has 1 amide bonds. The van der Waals surface area contributed by atoms with Gasteiger partial charge in [0.15, 0.2) is 6.67 Å². The Hall–Kier alpha value is -3.94. The summed E-state index contributed by atoms with van der Waals surface area (Å²) in [6, 6.07) is 12.5. The Morgan fingerprint density at radius 3 is 2.71 bits per heavy atom. The van der Waals surface area contributed by atoms with Gasteiger partial charge < -0.3 is 15.4 Å². The van der Waals surface area contributed by atoms with Crippen molar-refractivity contribution in [1.29, 1.82) is 0 Å². The van der Waals surface area contributed by atoms with E-state index < -0.39 is 29.9 Å². The van der Waals surface area contributed by atoms with Crippen LogP contribution >= 0.6 is 0 Å². The largest absolute Gasteiger partial charge is 0.379 e. The number of aromatic nitrogens is 1. The summed E-state index contributed by atoms with van der Waals surface area (Å²) in [5.74, 6) is 1.47. The molecule has 0 atom stereocenters. The van der Waals surface area contributed by atoms with Gasteiger partial charge in [0.05, 0.1) is 30.9 Å². The van der Waals surface area contributed by atoms with E-state index in [-0.39, 0.29) is 29.2 Å². The highest BCUT2D eigenvalue weighted by Gasteiger charge is 2.31. The molecule has 0 saturated carbocycles. The van der Waals surface area contributed by atoms with Gasteiger partial charge in [0, 0.05) is 37.1 Å². The van der Waals surface area contributed by atoms with Crippen molar-refractivity contribution in [2.24, 2.45) is 0 Å². The van der Waals surface area contributed by atoms with Gasteiger partial charge in [-0.25, -0.2) is 13.8 Å². The van der Waals surface area contributed by atoms with E-state index in [9.17, 15) is 22.4 Å². The normalized spacial score (nSPS) is 13.9. The highest BCUT2D eigenvalue weighted by molar-refractivity contribution is 6.07. The molecule has 0 aliphatic carbocycles. The van der Waals surface area contributed by atoms with Crippen LogP contribution in [0.25, 0.3) is 0 Å². The van der Waals surface area contributed by atoms with E-state index in [2.05, 4.69) is 32.4 Å². The van der Waals surface area contributed by atoms with Crippen LogP contribution in [-0.2, 0) is 17.2 Å². The number of nitrogens with one attached hydrogen (secondary N) is 2. The zero-order valence-electron chi connectivity index (χ0n) is 20.4. The number of morpholine rings is 1. The van der Waals surface area contributed by atoms with Crippen LogP contribution in [-0.4, -0.2) is 55.3 Å². The molecular formula is C28H26F4N4O2. The fourth-order valence-electron chi connectivity index (χ4n) is 3.80. The van der Waals surface area contributed by atoms with Crippen molar-refractivity contribution in [2.75, 3.05) is 50.2 Å². The number of halogens is 4. The minimum Gasteiger partial charge on any atom is -0.379 e. The second kappa shape index (κ2) is 12.5. The lowest BCUT2D eigenvalue weighted by Gasteiger charge is -2.24. The second-order valence-corrected chi connectivity index (χ2v) is 8.63. The molecule has 1 aliphatic heterocycles. The Balaban J connectivity index is 1.42. The number of carbonyl (C=O) groups excluding carboxylic acids is 1. The number of hydrogen-bond donors (Lipinski definition) is 2. The van der Waals surface area contributed by atoms with Crippen LogP contribution in [0.3, 0.4) is 0 Å². The van der Waals surface area contributed by atoms with Crippen molar-refractivity contribution in [2.45, 2.75) is 12.5 Å². The molecule has 4 rings (SSSR count). The summed E-state index contributed by atoms with van der Waals surface area (Å²) in [6.07, 6.45) is 1.49. The van der Waals surface area contributed by atoms with E-state index in [4.69, 9.17) is 4.74 Å². The molecule has 6 nitrogen and oxygen atoms in total. The van der Waals surface area contributed by atoms with Crippen LogP contribution in [0.5, 0.6) is 0 Å². The third kappa shape index (κ3) is 7.09. The number of ether oxygens (including phenoxy) is 1. The fourth-order valence-corrected chi connectivity index (χ4v) is 3.80. The Morgan fingerprint density at radius 2 is 1.92 bits per heavy atom. The Bertz CT molecular complexity index is 1330. The number of amides is 1. The molecule has 0 spiro atoms. The van der Waals surface area contributed by atoms with Gasteiger partial charge in [-0.2, -0.15) is 8.78 Å². The number of alkyl halides is 3. The van der Waals surface area contributed by atoms with E-state index in [1.54, 1.807) is 18.2 Å². The summed E-state index contributed by atoms with van der Waals surface area (Å²) in [4.78, 5) is 19.2. The van der Waals surface area contributed by atoms with E-state index in [0.717, 1.165) is 30.8 Å². The molecule has 38 heavy (non-hydrogen) atoms. The Kier molecular flexibility index (Phi) is 8.94. The molecule has 1 saturated heterocycles. The SMILES string of the molecule is O=C(Nc1cccc(C(F)(F)CF)c1)c1cccnc1NCc1ccc(F)c(C#CCN2CCOCC2)c1. The predicted octanol–water partition coefficient (Wildman–Crippen LogP) is 4.83. The molecule has 1 aromatic heterocycles. The van der Waals surface area contributed by atoms with Crippen LogP contribution in [0.4, 0.5) is 29.1 Å². The van der Waals surface area contributed by atoms with Crippen molar-refractivity contribution in [3.05, 3.63) is 88.9 Å². The van der Waals surface area contributed by atoms with Gasteiger partial charge in [0.2, 0.25) is 0 Å². The minimum atomic E-state index is -3.65. The van der Waals surface area contributed by atoms with Crippen LogP contribution in [0.2, 0.25) is 0 Å². The molecular weight excluding hydrogens is 500 g/mol. The molecule has 2 N–H and O–H groups in total. The number of rotatable bonds is 8. The lowest BCUT2D eigenvalue weighted by atomic mass is 10.1. The first kappa shape index (κ1) is 27.1. The first-order chi connectivity index (χ1) is 18.4. The summed E-state index contributed by atoms with van der Waals surface area (Å²) >= 11 is 0. The third-order valence-corrected chi connectivity index (χ3v) is 5.88. The third-order valence-electron chi connectivity index (χ3n) is 5.88. The molecule has 2 heterocycles. The quantitative estimate of drug-likeness (QED) is 0.325. The summed E-state index contributed by atoms with van der Waals surface area (Å²) in [6.45, 7) is 1.80. The van der Waals surface area contributed by atoms with Gasteiger partial charge in [-0.1, -0.05) is 30.0 Å². The first-order valence-corrected chi connectivity index (χ1v) is 12.0. The van der Waals surface area contributed by atoms with Gasteiger partial charge in [-0.05, 0) is 42.0 Å². The summed E-state index contributed by atoms with van der Waals surface area (Å²) in [5, 5.41) is 5.61. The first-order valence-electron chi connectivity index (χ1n) is 12.0. The smallest absolute Gasteiger partial charge is 0.301 e. The number of pyridine rings is 1. The number of benzene rings is 2. The van der Waals surface area contributed by atoms with Crippen LogP contribution in [0, 0.1) is 17.7 Å². The van der Waals surface area contributed by atoms with E-state index in [1.807, 2.05) is 0 Å². The second-order valence-electron chi connectivity index (χ2n) is 8.63. The molecule has 1 aliphatic rings. The van der Waals surface area contributed by atoms with Crippen molar-refractivity contribution in [3.8, 4) is 11.8 Å². The zero-order valence-corrected chi connectivity index (χ0v) is 20.4. The monoisotopic (exact) mass is 526 g/mol. The molecule has 0 radical (unpaired) electrons. The van der Waals surface area contributed by atoms with E-state index in [0.29, 0.717) is 19.8 Å². The zero-order chi connectivity index (χ0) is 27.0. The average molecular weight is 527 g/mol. The number of anilines is 2. The summed E-state index contributed by atoms with van der Waals surface area (Å²) < 4.78 is 59.7. The number of carbonyl (C=O) groups is 1. The molecule has 10 heteroatoms. The highest BCUT2D eigenvalue weighted by Crippen LogP contribution is 2.30. The summed E-state index contributed by atoms with van der Waals surface area (Å²) in [5.41, 5.74) is 0.710. The van der Waals surface area contributed by atoms with Gasteiger partial charge in [-0.15, -0.1) is 0 Å². The molecule has 3 aromatic rings. The lowest BCUT2D eigenvalue weighted by Crippen LogP contribution is -2.36. The van der Waals surface area contributed by atoms with Gasteiger partial charge >= 0.3 is 5.92 Å². The van der Waals surface area contributed by atoms with Crippen molar-refractivity contribution in [1.82, 2.24) is 9.88 Å². The maximum Gasteiger partial charge on any atom is 0.301 e. The highest BCUT2D eigenvalue weighted by atomic mass is 19.3. The number of hydrogen-bond acceptors (Lipinski definition) is 5. The Morgan fingerprint density at radius 1 is 1.11 bits per heavy atom. The average Bonchev–Trinajstić information content (AvgIpc) is 2.94. The van der Waals surface area contributed by atoms with E-state index >= 15 is 0 Å². The standard InChI is InChI=1S/C28H26F4N4O2/c29-19-28(31,32)22-5-1-6-23(17-22)35-27(37)24-7-2-10-33-26(24)34-18-20-8-9-25(30)21(16-20)4-3-11-36-12-14-38-15-13-36/h1-2,5-10,16-17H,11-15,18-19H2,(H,33,34)(H,35,37). The summed E-state index contributed by atoms with van der Waals surface area (Å²) in [7, 11) is 0. The molecule has 0 unspecified atom stereocenters. The maximum atomic E-state index is 14.3. The number of nitrogens with zero attached hydrogens (tertiary/aromatic N) is 2. The van der Waals surface area contributed by atoms with Gasteiger partial charge in [0.25, 0.3) is 5.91 Å². The van der Waals surface area contributed by atoms with Crippen molar-refractivity contribution >= 4 is 17.4 Å².